The summed E-state index contributed by atoms with van der Waals surface area (Å²) in [6.45, 7) is 8.48. The summed E-state index contributed by atoms with van der Waals surface area (Å²) >= 11 is 0. The Bertz CT molecular complexity index is 146. The first-order valence-corrected chi connectivity index (χ1v) is 5.45. The fraction of sp³-hybridized carbons (Fsp3) is 1.00. The second kappa shape index (κ2) is 6.38. The summed E-state index contributed by atoms with van der Waals surface area (Å²) in [6.07, 6.45) is 2.06. The van der Waals surface area contributed by atoms with Gasteiger partial charge in [-0.25, -0.2) is 0 Å². The molecule has 0 fully saturated rings. The summed E-state index contributed by atoms with van der Waals surface area (Å²) < 4.78 is 0. The van der Waals surface area contributed by atoms with Crippen LogP contribution in [-0.4, -0.2) is 42.3 Å². The lowest BCUT2D eigenvalue weighted by atomic mass is 10.0. The normalized spacial score (nSPS) is 16.3. The summed E-state index contributed by atoms with van der Waals surface area (Å²) in [7, 11) is 2.11. The molecule has 3 N–H and O–H groups in total. The smallest absolute Gasteiger partial charge is 0.0608 e. The van der Waals surface area contributed by atoms with Crippen LogP contribution >= 0.6 is 0 Å². The molecule has 1 unspecified atom stereocenters. The number of hydrogen-bond donors (Lipinski definition) is 2. The average molecular weight is 202 g/mol. The molecule has 14 heavy (non-hydrogen) atoms. The standard InChI is InChI=1S/C11H26N2O/c1-10(2)5-7-13(4)8-6-11(3,12)9-14/h10,14H,5-9,12H2,1-4H3. The van der Waals surface area contributed by atoms with Crippen LogP contribution in [0, 0.1) is 5.92 Å². The van der Waals surface area contributed by atoms with Gasteiger partial charge in [0.1, 0.15) is 0 Å². The topological polar surface area (TPSA) is 49.5 Å². The highest BCUT2D eigenvalue weighted by molar-refractivity contribution is 4.78. The summed E-state index contributed by atoms with van der Waals surface area (Å²) in [4.78, 5) is 2.28. The maximum absolute atomic E-state index is 8.98. The first kappa shape index (κ1) is 13.9. The van der Waals surface area contributed by atoms with Gasteiger partial charge in [0.05, 0.1) is 6.61 Å². The van der Waals surface area contributed by atoms with Gasteiger partial charge in [-0.15, -0.1) is 0 Å². The number of aliphatic hydroxyl groups excluding tert-OH is 1. The van der Waals surface area contributed by atoms with E-state index in [1.165, 1.54) is 6.42 Å². The van der Waals surface area contributed by atoms with Gasteiger partial charge in [0, 0.05) is 5.54 Å². The molecular formula is C11H26N2O. The van der Waals surface area contributed by atoms with Crippen molar-refractivity contribution in [3.63, 3.8) is 0 Å². The van der Waals surface area contributed by atoms with Gasteiger partial charge >= 0.3 is 0 Å². The molecule has 0 aromatic carbocycles. The van der Waals surface area contributed by atoms with Crippen molar-refractivity contribution in [1.29, 1.82) is 0 Å². The van der Waals surface area contributed by atoms with Crippen molar-refractivity contribution in [2.24, 2.45) is 11.7 Å². The highest BCUT2D eigenvalue weighted by Crippen LogP contribution is 2.06. The minimum atomic E-state index is -0.425. The Morgan fingerprint density at radius 2 is 1.93 bits per heavy atom. The monoisotopic (exact) mass is 202 g/mol. The molecule has 0 aromatic heterocycles. The molecule has 0 saturated heterocycles. The third-order valence-corrected chi connectivity index (χ3v) is 2.51. The quantitative estimate of drug-likeness (QED) is 0.649. The Labute approximate surface area is 88.3 Å². The molecule has 86 valence electrons. The molecule has 0 saturated carbocycles. The van der Waals surface area contributed by atoms with Crippen molar-refractivity contribution in [3.8, 4) is 0 Å². The fourth-order valence-corrected chi connectivity index (χ4v) is 1.12. The third-order valence-electron chi connectivity index (χ3n) is 2.51. The van der Waals surface area contributed by atoms with Crippen molar-refractivity contribution in [3.05, 3.63) is 0 Å². The lowest BCUT2D eigenvalue weighted by Gasteiger charge is -2.25. The van der Waals surface area contributed by atoms with E-state index < -0.39 is 5.54 Å². The zero-order valence-corrected chi connectivity index (χ0v) is 10.1. The molecule has 0 rings (SSSR count). The van der Waals surface area contributed by atoms with Crippen LogP contribution < -0.4 is 5.73 Å². The molecule has 3 nitrogen and oxygen atoms in total. The maximum Gasteiger partial charge on any atom is 0.0608 e. The number of nitrogens with zero attached hydrogens (tertiary/aromatic N) is 1. The molecule has 0 bridgehead atoms. The Hall–Kier alpha value is -0.120. The van der Waals surface area contributed by atoms with Gasteiger partial charge in [-0.05, 0) is 45.8 Å². The molecule has 0 aliphatic carbocycles. The second-order valence-corrected chi connectivity index (χ2v) is 5.05. The summed E-state index contributed by atoms with van der Waals surface area (Å²) in [5, 5.41) is 8.98. The third kappa shape index (κ3) is 7.30. The first-order valence-electron chi connectivity index (χ1n) is 5.45. The van der Waals surface area contributed by atoms with Gasteiger partial charge in [0.2, 0.25) is 0 Å². The van der Waals surface area contributed by atoms with E-state index in [0.29, 0.717) is 0 Å². The lowest BCUT2D eigenvalue weighted by molar-refractivity contribution is 0.181. The zero-order valence-electron chi connectivity index (χ0n) is 10.1. The highest BCUT2D eigenvalue weighted by Gasteiger charge is 2.17. The van der Waals surface area contributed by atoms with E-state index in [1.807, 2.05) is 6.92 Å². The number of hydrogen-bond acceptors (Lipinski definition) is 3. The Balaban J connectivity index is 3.58. The van der Waals surface area contributed by atoms with Crippen molar-refractivity contribution in [2.75, 3.05) is 26.7 Å². The maximum atomic E-state index is 8.98. The van der Waals surface area contributed by atoms with Crippen LogP contribution in [0.3, 0.4) is 0 Å². The number of nitrogens with two attached hydrogens (primary N) is 1. The van der Waals surface area contributed by atoms with Crippen LogP contribution in [0.15, 0.2) is 0 Å². The van der Waals surface area contributed by atoms with E-state index in [1.54, 1.807) is 0 Å². The molecule has 0 aliphatic heterocycles. The van der Waals surface area contributed by atoms with Crippen LogP contribution in [0.2, 0.25) is 0 Å². The first-order chi connectivity index (χ1) is 6.37. The van der Waals surface area contributed by atoms with E-state index in [4.69, 9.17) is 10.8 Å². The minimum Gasteiger partial charge on any atom is -0.394 e. The van der Waals surface area contributed by atoms with Crippen LogP contribution in [0.5, 0.6) is 0 Å². The van der Waals surface area contributed by atoms with E-state index in [-0.39, 0.29) is 6.61 Å². The second-order valence-electron chi connectivity index (χ2n) is 5.05. The summed E-state index contributed by atoms with van der Waals surface area (Å²) in [5.74, 6) is 0.750. The molecule has 0 aliphatic rings. The Morgan fingerprint density at radius 3 is 2.36 bits per heavy atom. The van der Waals surface area contributed by atoms with Crippen molar-refractivity contribution < 1.29 is 5.11 Å². The Kier molecular flexibility index (Phi) is 6.33. The van der Waals surface area contributed by atoms with Gasteiger partial charge in [-0.2, -0.15) is 0 Å². The zero-order chi connectivity index (χ0) is 11.2. The Morgan fingerprint density at radius 1 is 1.36 bits per heavy atom. The van der Waals surface area contributed by atoms with Crippen LogP contribution in [0.1, 0.15) is 33.6 Å². The minimum absolute atomic E-state index is 0.0605. The molecule has 0 heterocycles. The number of aliphatic hydroxyl groups is 1. The highest BCUT2D eigenvalue weighted by atomic mass is 16.3. The average Bonchev–Trinajstić information content (AvgIpc) is 2.11. The van der Waals surface area contributed by atoms with Gasteiger partial charge in [-0.3, -0.25) is 0 Å². The van der Waals surface area contributed by atoms with Crippen molar-refractivity contribution >= 4 is 0 Å². The van der Waals surface area contributed by atoms with E-state index in [2.05, 4.69) is 25.8 Å². The largest absolute Gasteiger partial charge is 0.394 e. The van der Waals surface area contributed by atoms with Crippen LogP contribution in [0.4, 0.5) is 0 Å². The van der Waals surface area contributed by atoms with Crippen molar-refractivity contribution in [1.82, 2.24) is 4.90 Å². The van der Waals surface area contributed by atoms with E-state index in [9.17, 15) is 0 Å². The van der Waals surface area contributed by atoms with Gasteiger partial charge in [0.25, 0.3) is 0 Å². The van der Waals surface area contributed by atoms with Gasteiger partial charge in [0.15, 0.2) is 0 Å². The molecule has 0 amide bonds. The summed E-state index contributed by atoms with van der Waals surface area (Å²) in [6, 6.07) is 0. The predicted octanol–water partition coefficient (Wildman–Crippen LogP) is 1.06. The van der Waals surface area contributed by atoms with Crippen molar-refractivity contribution in [2.45, 2.75) is 39.2 Å². The molecule has 0 radical (unpaired) electrons. The molecular weight excluding hydrogens is 176 g/mol. The molecule has 1 atom stereocenters. The van der Waals surface area contributed by atoms with Gasteiger partial charge < -0.3 is 15.7 Å². The molecule has 0 aromatic rings. The lowest BCUT2D eigenvalue weighted by Crippen LogP contribution is -2.43. The van der Waals surface area contributed by atoms with Crippen LogP contribution in [0.25, 0.3) is 0 Å². The predicted molar refractivity (Wildman–Crippen MR) is 61.2 cm³/mol. The summed E-state index contributed by atoms with van der Waals surface area (Å²) in [5.41, 5.74) is 5.42. The molecule has 0 spiro atoms. The number of rotatable bonds is 7. The van der Waals surface area contributed by atoms with E-state index in [0.717, 1.165) is 25.4 Å². The SMILES string of the molecule is CC(C)CCN(C)CCC(C)(N)CO. The molecule has 3 heteroatoms. The van der Waals surface area contributed by atoms with Gasteiger partial charge in [-0.1, -0.05) is 13.8 Å². The fourth-order valence-electron chi connectivity index (χ4n) is 1.12. The van der Waals surface area contributed by atoms with Crippen LogP contribution in [-0.2, 0) is 0 Å². The van der Waals surface area contributed by atoms with E-state index >= 15 is 0 Å².